The molecule has 0 aliphatic carbocycles. The van der Waals surface area contributed by atoms with Crippen molar-refractivity contribution in [1.29, 1.82) is 0 Å². The molecule has 1 saturated heterocycles. The van der Waals surface area contributed by atoms with E-state index < -0.39 is 18.0 Å². The Bertz CT molecular complexity index is 1100. The van der Waals surface area contributed by atoms with Gasteiger partial charge < -0.3 is 15.4 Å². The van der Waals surface area contributed by atoms with Crippen LogP contribution in [0.3, 0.4) is 0 Å². The van der Waals surface area contributed by atoms with Crippen LogP contribution in [0, 0.1) is 5.82 Å². The molecule has 1 fully saturated rings. The van der Waals surface area contributed by atoms with Gasteiger partial charge in [-0.3, -0.25) is 9.69 Å². The van der Waals surface area contributed by atoms with Crippen molar-refractivity contribution in [1.82, 2.24) is 26.0 Å². The second-order valence-electron chi connectivity index (χ2n) is 7.80. The summed E-state index contributed by atoms with van der Waals surface area (Å²) in [5, 5.41) is 16.3. The second-order valence-corrected chi connectivity index (χ2v) is 7.80. The molecule has 3 N–H and O–H groups in total. The van der Waals surface area contributed by atoms with E-state index in [1.165, 1.54) is 17.9 Å². The Morgan fingerprint density at radius 2 is 2.09 bits per heavy atom. The molecule has 10 heteroatoms. The summed E-state index contributed by atoms with van der Waals surface area (Å²) < 4.78 is 20.1. The second kappa shape index (κ2) is 10.2. The third kappa shape index (κ3) is 5.72. The van der Waals surface area contributed by atoms with Gasteiger partial charge in [-0.15, -0.1) is 0 Å². The molecular formula is C23H25FN6O3. The highest BCUT2D eigenvalue weighted by molar-refractivity contribution is 5.90. The minimum absolute atomic E-state index is 0.200. The van der Waals surface area contributed by atoms with Gasteiger partial charge in [0.25, 0.3) is 0 Å². The standard InChI is InChI=1S/C23H25FN6O3/c1-15(31)26-13-20-14-30(23(32)33-20)19-6-7-21(22(24)10-19)17-4-2-16(3-5-17)8-9-25-11-18-12-27-29-28-18/h2-7,10,12,20,25H,8-9,11,13-14H2,1H3,(H,26,31)(H,27,28,29). The van der Waals surface area contributed by atoms with Gasteiger partial charge in [0, 0.05) is 19.0 Å². The number of anilines is 1. The van der Waals surface area contributed by atoms with E-state index in [9.17, 15) is 14.0 Å². The average Bonchev–Trinajstić information content (AvgIpc) is 3.45. The predicted octanol–water partition coefficient (Wildman–Crippen LogP) is 2.40. The number of aromatic amines is 1. The van der Waals surface area contributed by atoms with Gasteiger partial charge in [0.05, 0.1) is 30.7 Å². The van der Waals surface area contributed by atoms with Gasteiger partial charge in [0.15, 0.2) is 0 Å². The number of carbonyl (C=O) groups excluding carboxylic acids is 2. The lowest BCUT2D eigenvalue weighted by Gasteiger charge is -2.15. The van der Waals surface area contributed by atoms with Gasteiger partial charge >= 0.3 is 6.09 Å². The van der Waals surface area contributed by atoms with Crippen molar-refractivity contribution in [2.75, 3.05) is 24.5 Å². The molecule has 1 unspecified atom stereocenters. The van der Waals surface area contributed by atoms with Crippen LogP contribution in [0.2, 0.25) is 0 Å². The smallest absolute Gasteiger partial charge is 0.414 e. The number of hydrogen-bond acceptors (Lipinski definition) is 6. The molecule has 172 valence electrons. The average molecular weight is 452 g/mol. The maximum atomic E-state index is 14.9. The van der Waals surface area contributed by atoms with Crippen LogP contribution in [0.5, 0.6) is 0 Å². The van der Waals surface area contributed by atoms with E-state index in [1.807, 2.05) is 24.3 Å². The predicted molar refractivity (Wildman–Crippen MR) is 120 cm³/mol. The summed E-state index contributed by atoms with van der Waals surface area (Å²) in [7, 11) is 0. The minimum atomic E-state index is -0.556. The van der Waals surface area contributed by atoms with Crippen LogP contribution in [0.15, 0.2) is 48.7 Å². The third-order valence-corrected chi connectivity index (χ3v) is 5.34. The van der Waals surface area contributed by atoms with Crippen molar-refractivity contribution < 1.29 is 18.7 Å². The van der Waals surface area contributed by atoms with Gasteiger partial charge in [0.2, 0.25) is 5.91 Å². The Labute approximate surface area is 190 Å². The first kappa shape index (κ1) is 22.4. The van der Waals surface area contributed by atoms with Crippen molar-refractivity contribution in [3.63, 3.8) is 0 Å². The highest BCUT2D eigenvalue weighted by Crippen LogP contribution is 2.29. The molecule has 0 bridgehead atoms. The van der Waals surface area contributed by atoms with Crippen molar-refractivity contribution in [3.05, 3.63) is 65.7 Å². The summed E-state index contributed by atoms with van der Waals surface area (Å²) in [6, 6.07) is 12.4. The Morgan fingerprint density at radius 3 is 2.79 bits per heavy atom. The minimum Gasteiger partial charge on any atom is -0.442 e. The summed E-state index contributed by atoms with van der Waals surface area (Å²) in [5.74, 6) is -0.624. The van der Waals surface area contributed by atoms with Crippen molar-refractivity contribution in [2.24, 2.45) is 0 Å². The third-order valence-electron chi connectivity index (χ3n) is 5.34. The lowest BCUT2D eigenvalue weighted by Crippen LogP contribution is -2.33. The number of amides is 2. The fraction of sp³-hybridized carbons (Fsp3) is 0.304. The zero-order valence-electron chi connectivity index (χ0n) is 18.2. The Morgan fingerprint density at radius 1 is 1.27 bits per heavy atom. The Balaban J connectivity index is 1.34. The molecule has 2 amide bonds. The van der Waals surface area contributed by atoms with Crippen LogP contribution >= 0.6 is 0 Å². The zero-order valence-corrected chi connectivity index (χ0v) is 18.2. The molecule has 2 heterocycles. The maximum Gasteiger partial charge on any atom is 0.414 e. The molecular weight excluding hydrogens is 427 g/mol. The number of nitrogens with one attached hydrogen (secondary N) is 3. The molecule has 9 nitrogen and oxygen atoms in total. The van der Waals surface area contributed by atoms with E-state index in [0.29, 0.717) is 17.8 Å². The summed E-state index contributed by atoms with van der Waals surface area (Å²) in [6.07, 6.45) is 1.48. The monoisotopic (exact) mass is 452 g/mol. The van der Waals surface area contributed by atoms with E-state index in [4.69, 9.17) is 4.74 Å². The van der Waals surface area contributed by atoms with E-state index in [2.05, 4.69) is 26.0 Å². The van der Waals surface area contributed by atoms with Crippen LogP contribution in [0.4, 0.5) is 14.9 Å². The molecule has 1 aromatic heterocycles. The fourth-order valence-corrected chi connectivity index (χ4v) is 3.61. The summed E-state index contributed by atoms with van der Waals surface area (Å²) in [6.45, 7) is 3.29. The number of nitrogens with zero attached hydrogens (tertiary/aromatic N) is 3. The number of rotatable bonds is 9. The largest absolute Gasteiger partial charge is 0.442 e. The molecule has 4 rings (SSSR count). The maximum absolute atomic E-state index is 14.9. The van der Waals surface area contributed by atoms with E-state index in [-0.39, 0.29) is 19.0 Å². The van der Waals surface area contributed by atoms with E-state index in [0.717, 1.165) is 29.8 Å². The Kier molecular flexibility index (Phi) is 6.94. The SMILES string of the molecule is CC(=O)NCC1CN(c2ccc(-c3ccc(CCNCc4cn[nH]n4)cc3)c(F)c2)C(=O)O1. The van der Waals surface area contributed by atoms with Crippen molar-refractivity contribution in [3.8, 4) is 11.1 Å². The first-order valence-corrected chi connectivity index (χ1v) is 10.7. The quantitative estimate of drug-likeness (QED) is 0.430. The molecule has 1 atom stereocenters. The number of hydrogen-bond donors (Lipinski definition) is 3. The fourth-order valence-electron chi connectivity index (χ4n) is 3.61. The molecule has 0 radical (unpaired) electrons. The number of aromatic nitrogens is 3. The van der Waals surface area contributed by atoms with Gasteiger partial charge in [-0.05, 0) is 42.3 Å². The van der Waals surface area contributed by atoms with Crippen LogP contribution < -0.4 is 15.5 Å². The van der Waals surface area contributed by atoms with Gasteiger partial charge in [-0.2, -0.15) is 15.4 Å². The number of halogens is 1. The van der Waals surface area contributed by atoms with Crippen LogP contribution in [-0.4, -0.2) is 53.1 Å². The summed E-state index contributed by atoms with van der Waals surface area (Å²) >= 11 is 0. The van der Waals surface area contributed by atoms with E-state index >= 15 is 0 Å². The van der Waals surface area contributed by atoms with Crippen LogP contribution in [-0.2, 0) is 22.5 Å². The Hall–Kier alpha value is -3.79. The number of ether oxygens (including phenoxy) is 1. The lowest BCUT2D eigenvalue weighted by atomic mass is 10.0. The lowest BCUT2D eigenvalue weighted by molar-refractivity contribution is -0.119. The van der Waals surface area contributed by atoms with Crippen molar-refractivity contribution >= 4 is 17.7 Å². The first-order valence-electron chi connectivity index (χ1n) is 10.7. The highest BCUT2D eigenvalue weighted by atomic mass is 19.1. The topological polar surface area (TPSA) is 112 Å². The summed E-state index contributed by atoms with van der Waals surface area (Å²) in [4.78, 5) is 24.6. The molecule has 0 spiro atoms. The normalized spacial score (nSPS) is 15.5. The van der Waals surface area contributed by atoms with Gasteiger partial charge in [0.1, 0.15) is 11.9 Å². The zero-order chi connectivity index (χ0) is 23.2. The highest BCUT2D eigenvalue weighted by Gasteiger charge is 2.32. The molecule has 2 aromatic carbocycles. The molecule has 0 saturated carbocycles. The number of benzene rings is 2. The first-order chi connectivity index (χ1) is 16.0. The van der Waals surface area contributed by atoms with Crippen molar-refractivity contribution in [2.45, 2.75) is 26.0 Å². The number of H-pyrrole nitrogens is 1. The van der Waals surface area contributed by atoms with Gasteiger partial charge in [-0.25, -0.2) is 9.18 Å². The molecule has 33 heavy (non-hydrogen) atoms. The summed E-state index contributed by atoms with van der Waals surface area (Å²) in [5.41, 5.74) is 3.62. The molecule has 1 aliphatic heterocycles. The van der Waals surface area contributed by atoms with Crippen LogP contribution in [0.25, 0.3) is 11.1 Å². The number of cyclic esters (lactones) is 1. The number of carbonyl (C=O) groups is 2. The van der Waals surface area contributed by atoms with Crippen LogP contribution in [0.1, 0.15) is 18.2 Å². The van der Waals surface area contributed by atoms with E-state index in [1.54, 1.807) is 18.3 Å². The molecule has 3 aromatic rings. The molecule has 1 aliphatic rings. The van der Waals surface area contributed by atoms with Gasteiger partial charge in [-0.1, -0.05) is 24.3 Å².